The molecule has 2 aliphatic rings. The van der Waals surface area contributed by atoms with Crippen molar-refractivity contribution in [2.24, 2.45) is 0 Å². The van der Waals surface area contributed by atoms with Crippen LogP contribution >= 0.6 is 0 Å². The first-order valence-corrected chi connectivity index (χ1v) is 9.17. The summed E-state index contributed by atoms with van der Waals surface area (Å²) in [6.45, 7) is 4.73. The van der Waals surface area contributed by atoms with E-state index in [9.17, 15) is 13.2 Å². The molecule has 6 nitrogen and oxygen atoms in total. The number of carbonyl (C=O) groups excluding carboxylic acids is 1. The highest BCUT2D eigenvalue weighted by Crippen LogP contribution is 2.18. The molecule has 2 saturated heterocycles. The van der Waals surface area contributed by atoms with Gasteiger partial charge >= 0.3 is 0 Å². The van der Waals surface area contributed by atoms with Gasteiger partial charge in [-0.05, 0) is 26.8 Å². The summed E-state index contributed by atoms with van der Waals surface area (Å²) in [6, 6.07) is 0.338. The zero-order valence-corrected chi connectivity index (χ0v) is 13.2. The molecule has 2 rings (SSSR count). The SMILES string of the molecule is CCN(C(=O)CN1CCC(NC)C1)C1CCS(=O)(=O)C1. The van der Waals surface area contributed by atoms with Crippen LogP contribution in [0.4, 0.5) is 0 Å². The molecule has 0 aromatic carbocycles. The molecule has 0 aromatic heterocycles. The minimum atomic E-state index is -2.94. The van der Waals surface area contributed by atoms with E-state index < -0.39 is 9.84 Å². The van der Waals surface area contributed by atoms with Crippen molar-refractivity contribution >= 4 is 15.7 Å². The Labute approximate surface area is 121 Å². The molecule has 0 aromatic rings. The molecule has 0 spiro atoms. The van der Waals surface area contributed by atoms with E-state index in [4.69, 9.17) is 0 Å². The Morgan fingerprint density at radius 1 is 1.40 bits per heavy atom. The first kappa shape index (κ1) is 15.7. The second-order valence-electron chi connectivity index (χ2n) is 5.75. The number of likely N-dealkylation sites (N-methyl/N-ethyl adjacent to an activating group) is 2. The fourth-order valence-electron chi connectivity index (χ4n) is 3.15. The molecule has 20 heavy (non-hydrogen) atoms. The number of amides is 1. The Balaban J connectivity index is 1.90. The summed E-state index contributed by atoms with van der Waals surface area (Å²) in [5.41, 5.74) is 0. The van der Waals surface area contributed by atoms with E-state index in [0.29, 0.717) is 25.6 Å². The third-order valence-electron chi connectivity index (χ3n) is 4.35. The fourth-order valence-corrected chi connectivity index (χ4v) is 4.88. The molecule has 2 heterocycles. The van der Waals surface area contributed by atoms with Crippen molar-refractivity contribution in [2.45, 2.75) is 31.8 Å². The molecule has 2 fully saturated rings. The molecule has 2 unspecified atom stereocenters. The van der Waals surface area contributed by atoms with Gasteiger partial charge in [-0.3, -0.25) is 9.69 Å². The first-order valence-electron chi connectivity index (χ1n) is 7.34. The molecule has 0 radical (unpaired) electrons. The summed E-state index contributed by atoms with van der Waals surface area (Å²) >= 11 is 0. The lowest BCUT2D eigenvalue weighted by Crippen LogP contribution is -2.46. The number of nitrogens with one attached hydrogen (secondary N) is 1. The highest BCUT2D eigenvalue weighted by molar-refractivity contribution is 7.91. The Morgan fingerprint density at radius 3 is 2.65 bits per heavy atom. The fraction of sp³-hybridized carbons (Fsp3) is 0.923. The van der Waals surface area contributed by atoms with Crippen LogP contribution in [0.15, 0.2) is 0 Å². The summed E-state index contributed by atoms with van der Waals surface area (Å²) in [4.78, 5) is 16.3. The highest BCUT2D eigenvalue weighted by Gasteiger charge is 2.34. The molecule has 1 amide bonds. The van der Waals surface area contributed by atoms with Crippen LogP contribution in [0.25, 0.3) is 0 Å². The molecule has 0 saturated carbocycles. The van der Waals surface area contributed by atoms with Gasteiger partial charge in [0.2, 0.25) is 5.91 Å². The van der Waals surface area contributed by atoms with Gasteiger partial charge in [0, 0.05) is 31.7 Å². The maximum absolute atomic E-state index is 12.4. The van der Waals surface area contributed by atoms with Gasteiger partial charge < -0.3 is 10.2 Å². The van der Waals surface area contributed by atoms with Crippen LogP contribution < -0.4 is 5.32 Å². The van der Waals surface area contributed by atoms with Crippen LogP contribution in [0.5, 0.6) is 0 Å². The minimum absolute atomic E-state index is 0.0614. The average Bonchev–Trinajstić information content (AvgIpc) is 2.97. The second-order valence-corrected chi connectivity index (χ2v) is 7.97. The third kappa shape index (κ3) is 3.71. The highest BCUT2D eigenvalue weighted by atomic mass is 32.2. The van der Waals surface area contributed by atoms with Gasteiger partial charge in [0.25, 0.3) is 0 Å². The van der Waals surface area contributed by atoms with Crippen LogP contribution in [0.3, 0.4) is 0 Å². The first-order chi connectivity index (χ1) is 9.45. The molecule has 116 valence electrons. The molecule has 1 N–H and O–H groups in total. The van der Waals surface area contributed by atoms with E-state index in [2.05, 4.69) is 10.2 Å². The van der Waals surface area contributed by atoms with E-state index in [1.165, 1.54) is 0 Å². The van der Waals surface area contributed by atoms with Crippen LogP contribution in [0.1, 0.15) is 19.8 Å². The third-order valence-corrected chi connectivity index (χ3v) is 6.10. The van der Waals surface area contributed by atoms with Crippen molar-refractivity contribution in [3.63, 3.8) is 0 Å². The Hall–Kier alpha value is -0.660. The molecule has 7 heteroatoms. The van der Waals surface area contributed by atoms with E-state index in [1.54, 1.807) is 4.90 Å². The van der Waals surface area contributed by atoms with Crippen LogP contribution in [-0.4, -0.2) is 80.9 Å². The van der Waals surface area contributed by atoms with Gasteiger partial charge in [0.15, 0.2) is 9.84 Å². The van der Waals surface area contributed by atoms with Gasteiger partial charge in [0.05, 0.1) is 18.1 Å². The van der Waals surface area contributed by atoms with Gasteiger partial charge in [0.1, 0.15) is 0 Å². The summed E-state index contributed by atoms with van der Waals surface area (Å²) in [7, 11) is -0.999. The molecular formula is C13H25N3O3S. The number of hydrogen-bond donors (Lipinski definition) is 1. The number of rotatable bonds is 5. The van der Waals surface area contributed by atoms with Crippen LogP contribution in [0, 0.1) is 0 Å². The number of likely N-dealkylation sites (tertiary alicyclic amines) is 1. The lowest BCUT2D eigenvalue weighted by atomic mass is 10.2. The van der Waals surface area contributed by atoms with Crippen LogP contribution in [-0.2, 0) is 14.6 Å². The van der Waals surface area contributed by atoms with Crippen molar-refractivity contribution in [1.82, 2.24) is 15.1 Å². The van der Waals surface area contributed by atoms with Crippen molar-refractivity contribution in [2.75, 3.05) is 44.7 Å². The zero-order chi connectivity index (χ0) is 14.8. The summed E-state index contributed by atoms with van der Waals surface area (Å²) < 4.78 is 23.1. The molecule has 2 atom stereocenters. The van der Waals surface area contributed by atoms with Crippen molar-refractivity contribution in [1.29, 1.82) is 0 Å². The number of hydrogen-bond acceptors (Lipinski definition) is 5. The smallest absolute Gasteiger partial charge is 0.237 e. The van der Waals surface area contributed by atoms with Crippen molar-refractivity contribution in [3.8, 4) is 0 Å². The number of sulfone groups is 1. The Morgan fingerprint density at radius 2 is 2.15 bits per heavy atom. The summed E-state index contributed by atoms with van der Waals surface area (Å²) in [5, 5.41) is 3.23. The van der Waals surface area contributed by atoms with Gasteiger partial charge in [-0.15, -0.1) is 0 Å². The molecule has 0 aliphatic carbocycles. The average molecular weight is 303 g/mol. The Kier molecular flexibility index (Phi) is 5.04. The molecular weight excluding hydrogens is 278 g/mol. The van der Waals surface area contributed by atoms with E-state index in [0.717, 1.165) is 19.5 Å². The number of carbonyl (C=O) groups is 1. The normalized spacial score (nSPS) is 29.7. The van der Waals surface area contributed by atoms with E-state index in [-0.39, 0.29) is 23.5 Å². The molecule has 2 aliphatic heterocycles. The Bertz CT molecular complexity index is 452. The lowest BCUT2D eigenvalue weighted by molar-refractivity contribution is -0.133. The van der Waals surface area contributed by atoms with Gasteiger partial charge in [-0.2, -0.15) is 0 Å². The van der Waals surface area contributed by atoms with Crippen molar-refractivity contribution < 1.29 is 13.2 Å². The van der Waals surface area contributed by atoms with E-state index in [1.807, 2.05) is 14.0 Å². The monoisotopic (exact) mass is 303 g/mol. The van der Waals surface area contributed by atoms with Gasteiger partial charge in [-0.25, -0.2) is 8.42 Å². The zero-order valence-electron chi connectivity index (χ0n) is 12.3. The lowest BCUT2D eigenvalue weighted by Gasteiger charge is -2.29. The minimum Gasteiger partial charge on any atom is -0.338 e. The topological polar surface area (TPSA) is 69.7 Å². The maximum atomic E-state index is 12.4. The van der Waals surface area contributed by atoms with Crippen LogP contribution in [0.2, 0.25) is 0 Å². The van der Waals surface area contributed by atoms with Gasteiger partial charge in [-0.1, -0.05) is 0 Å². The van der Waals surface area contributed by atoms with E-state index >= 15 is 0 Å². The predicted octanol–water partition coefficient (Wildman–Crippen LogP) is -0.684. The quantitative estimate of drug-likeness (QED) is 0.728. The standard InChI is InChI=1S/C13H25N3O3S/c1-3-16(12-5-7-20(18,19)10-12)13(17)9-15-6-4-11(8-15)14-2/h11-12,14H,3-10H2,1-2H3. The molecule has 0 bridgehead atoms. The maximum Gasteiger partial charge on any atom is 0.237 e. The van der Waals surface area contributed by atoms with Crippen molar-refractivity contribution in [3.05, 3.63) is 0 Å². The number of nitrogens with zero attached hydrogens (tertiary/aromatic N) is 2. The summed E-state index contributed by atoms with van der Waals surface area (Å²) in [5.74, 6) is 0.407. The summed E-state index contributed by atoms with van der Waals surface area (Å²) in [6.07, 6.45) is 1.65. The second kappa shape index (κ2) is 6.41. The predicted molar refractivity (Wildman–Crippen MR) is 78.4 cm³/mol. The largest absolute Gasteiger partial charge is 0.338 e.